The van der Waals surface area contributed by atoms with Crippen molar-refractivity contribution in [1.82, 2.24) is 9.80 Å². The molecule has 100 valence electrons. The fraction of sp³-hybridized carbons (Fsp3) is 0.909. The van der Waals surface area contributed by atoms with Crippen LogP contribution in [-0.2, 0) is 14.3 Å². The lowest BCUT2D eigenvalue weighted by atomic mass is 10.3. The van der Waals surface area contributed by atoms with Gasteiger partial charge in [0, 0.05) is 46.9 Å². The summed E-state index contributed by atoms with van der Waals surface area (Å²) < 4.78 is 10.3. The van der Waals surface area contributed by atoms with Gasteiger partial charge in [0.25, 0.3) is 0 Å². The SMILES string of the molecule is COC(CN1CCN(C(=O)CSC)CC1)OC. The first kappa shape index (κ1) is 14.8. The van der Waals surface area contributed by atoms with E-state index in [1.54, 1.807) is 26.0 Å². The average molecular weight is 262 g/mol. The number of ether oxygens (including phenoxy) is 2. The van der Waals surface area contributed by atoms with Gasteiger partial charge in [-0.15, -0.1) is 0 Å². The Bertz CT molecular complexity index is 229. The molecule has 0 N–H and O–H groups in total. The number of amides is 1. The van der Waals surface area contributed by atoms with Crippen molar-refractivity contribution in [3.63, 3.8) is 0 Å². The number of methoxy groups -OCH3 is 2. The highest BCUT2D eigenvalue weighted by Gasteiger charge is 2.22. The minimum Gasteiger partial charge on any atom is -0.355 e. The largest absolute Gasteiger partial charge is 0.355 e. The van der Waals surface area contributed by atoms with E-state index in [0.717, 1.165) is 32.7 Å². The molecule has 6 heteroatoms. The van der Waals surface area contributed by atoms with E-state index >= 15 is 0 Å². The van der Waals surface area contributed by atoms with Crippen molar-refractivity contribution in [2.24, 2.45) is 0 Å². The standard InChI is InChI=1S/C11H22N2O3S/c1-15-11(16-2)8-12-4-6-13(7-5-12)10(14)9-17-3/h11H,4-9H2,1-3H3. The van der Waals surface area contributed by atoms with E-state index in [9.17, 15) is 4.79 Å². The summed E-state index contributed by atoms with van der Waals surface area (Å²) in [6, 6.07) is 0. The summed E-state index contributed by atoms with van der Waals surface area (Å²) >= 11 is 1.58. The number of thioether (sulfide) groups is 1. The quantitative estimate of drug-likeness (QED) is 0.636. The monoisotopic (exact) mass is 262 g/mol. The molecule has 0 spiro atoms. The van der Waals surface area contributed by atoms with Crippen molar-refractivity contribution >= 4 is 17.7 Å². The smallest absolute Gasteiger partial charge is 0.232 e. The molecule has 1 saturated heterocycles. The van der Waals surface area contributed by atoms with E-state index in [1.807, 2.05) is 11.2 Å². The van der Waals surface area contributed by atoms with Crippen molar-refractivity contribution in [3.8, 4) is 0 Å². The number of piperazine rings is 1. The highest BCUT2D eigenvalue weighted by Crippen LogP contribution is 2.06. The molecule has 0 bridgehead atoms. The van der Waals surface area contributed by atoms with E-state index in [4.69, 9.17) is 9.47 Å². The van der Waals surface area contributed by atoms with E-state index in [2.05, 4.69) is 4.90 Å². The van der Waals surface area contributed by atoms with Gasteiger partial charge < -0.3 is 14.4 Å². The second-order valence-corrected chi connectivity index (χ2v) is 4.88. The molecular formula is C11H22N2O3S. The molecule has 5 nitrogen and oxygen atoms in total. The summed E-state index contributed by atoms with van der Waals surface area (Å²) in [5.74, 6) is 0.825. The van der Waals surface area contributed by atoms with Gasteiger partial charge in [-0.25, -0.2) is 0 Å². The lowest BCUT2D eigenvalue weighted by Crippen LogP contribution is -2.51. The van der Waals surface area contributed by atoms with E-state index in [-0.39, 0.29) is 12.2 Å². The Labute approximate surface area is 107 Å². The maximum absolute atomic E-state index is 11.7. The highest BCUT2D eigenvalue weighted by atomic mass is 32.2. The van der Waals surface area contributed by atoms with Gasteiger partial charge in [0.2, 0.25) is 5.91 Å². The van der Waals surface area contributed by atoms with Gasteiger partial charge in [0.05, 0.1) is 5.75 Å². The van der Waals surface area contributed by atoms with Gasteiger partial charge in [0.15, 0.2) is 6.29 Å². The predicted octanol–water partition coefficient (Wildman–Crippen LogP) is 0.113. The Morgan fingerprint density at radius 2 is 1.82 bits per heavy atom. The topological polar surface area (TPSA) is 42.0 Å². The molecule has 17 heavy (non-hydrogen) atoms. The molecule has 1 heterocycles. The molecule has 1 fully saturated rings. The summed E-state index contributed by atoms with van der Waals surface area (Å²) in [6.07, 6.45) is 1.78. The van der Waals surface area contributed by atoms with Gasteiger partial charge in [-0.1, -0.05) is 0 Å². The van der Waals surface area contributed by atoms with Crippen LogP contribution in [0.25, 0.3) is 0 Å². The van der Waals surface area contributed by atoms with E-state index < -0.39 is 0 Å². The zero-order valence-corrected chi connectivity index (χ0v) is 11.7. The van der Waals surface area contributed by atoms with E-state index in [1.165, 1.54) is 0 Å². The van der Waals surface area contributed by atoms with Crippen molar-refractivity contribution in [1.29, 1.82) is 0 Å². The highest BCUT2D eigenvalue weighted by molar-refractivity contribution is 7.99. The molecule has 0 aliphatic carbocycles. The van der Waals surface area contributed by atoms with Crippen LogP contribution in [0.5, 0.6) is 0 Å². The molecule has 0 aromatic rings. The molecule has 0 atom stereocenters. The number of hydrogen-bond donors (Lipinski definition) is 0. The minimum atomic E-state index is -0.177. The number of nitrogens with zero attached hydrogens (tertiary/aromatic N) is 2. The van der Waals surface area contributed by atoms with Gasteiger partial charge in [0.1, 0.15) is 0 Å². The molecular weight excluding hydrogens is 240 g/mol. The number of hydrogen-bond acceptors (Lipinski definition) is 5. The van der Waals surface area contributed by atoms with Crippen LogP contribution in [0.4, 0.5) is 0 Å². The molecule has 0 radical (unpaired) electrons. The molecule has 0 aromatic heterocycles. The van der Waals surface area contributed by atoms with Crippen molar-refractivity contribution in [3.05, 3.63) is 0 Å². The van der Waals surface area contributed by atoms with Crippen LogP contribution >= 0.6 is 11.8 Å². The fourth-order valence-corrected chi connectivity index (χ4v) is 2.28. The second kappa shape index (κ2) is 7.92. The van der Waals surface area contributed by atoms with Crippen molar-refractivity contribution in [2.75, 3.05) is 59.0 Å². The summed E-state index contributed by atoms with van der Waals surface area (Å²) in [5, 5.41) is 0. The first-order chi connectivity index (χ1) is 8.21. The Morgan fingerprint density at radius 3 is 2.29 bits per heavy atom. The van der Waals surface area contributed by atoms with E-state index in [0.29, 0.717) is 5.75 Å². The van der Waals surface area contributed by atoms with Crippen molar-refractivity contribution < 1.29 is 14.3 Å². The number of carbonyl (C=O) groups is 1. The van der Waals surface area contributed by atoms with Crippen LogP contribution in [-0.4, -0.2) is 80.9 Å². The molecule has 1 aliphatic heterocycles. The Morgan fingerprint density at radius 1 is 1.24 bits per heavy atom. The Balaban J connectivity index is 2.28. The van der Waals surface area contributed by atoms with Gasteiger partial charge >= 0.3 is 0 Å². The third kappa shape index (κ3) is 4.83. The second-order valence-electron chi connectivity index (χ2n) is 4.02. The zero-order valence-electron chi connectivity index (χ0n) is 10.8. The Kier molecular flexibility index (Phi) is 6.87. The maximum atomic E-state index is 11.7. The first-order valence-electron chi connectivity index (χ1n) is 5.76. The molecule has 0 unspecified atom stereocenters. The average Bonchev–Trinajstić information content (AvgIpc) is 2.37. The molecule has 0 aromatic carbocycles. The normalized spacial score (nSPS) is 17.8. The molecule has 1 aliphatic rings. The Hall–Kier alpha value is -0.300. The third-order valence-electron chi connectivity index (χ3n) is 2.93. The van der Waals surface area contributed by atoms with Gasteiger partial charge in [-0.05, 0) is 6.26 Å². The first-order valence-corrected chi connectivity index (χ1v) is 7.15. The lowest BCUT2D eigenvalue weighted by Gasteiger charge is -2.35. The number of carbonyl (C=O) groups excluding carboxylic acids is 1. The van der Waals surface area contributed by atoms with Crippen LogP contribution in [0.2, 0.25) is 0 Å². The molecule has 1 rings (SSSR count). The van der Waals surface area contributed by atoms with Crippen LogP contribution in [0, 0.1) is 0 Å². The summed E-state index contributed by atoms with van der Waals surface area (Å²) in [7, 11) is 3.29. The van der Waals surface area contributed by atoms with Gasteiger partial charge in [-0.3, -0.25) is 9.69 Å². The summed E-state index contributed by atoms with van der Waals surface area (Å²) in [4.78, 5) is 15.9. The predicted molar refractivity (Wildman–Crippen MR) is 69.2 cm³/mol. The summed E-state index contributed by atoms with van der Waals surface area (Å²) in [5.41, 5.74) is 0. The third-order valence-corrected chi connectivity index (χ3v) is 3.46. The minimum absolute atomic E-state index is 0.177. The zero-order chi connectivity index (χ0) is 12.7. The van der Waals surface area contributed by atoms with Crippen molar-refractivity contribution in [2.45, 2.75) is 6.29 Å². The summed E-state index contributed by atoms with van der Waals surface area (Å²) in [6.45, 7) is 4.16. The fourth-order valence-electron chi connectivity index (χ4n) is 1.85. The number of rotatable bonds is 6. The lowest BCUT2D eigenvalue weighted by molar-refractivity contribution is -0.133. The van der Waals surface area contributed by atoms with Crippen LogP contribution in [0.15, 0.2) is 0 Å². The molecule has 1 amide bonds. The van der Waals surface area contributed by atoms with Crippen LogP contribution in [0.1, 0.15) is 0 Å². The van der Waals surface area contributed by atoms with Gasteiger partial charge in [-0.2, -0.15) is 11.8 Å². The van der Waals surface area contributed by atoms with Crippen LogP contribution in [0.3, 0.4) is 0 Å². The van der Waals surface area contributed by atoms with Crippen LogP contribution < -0.4 is 0 Å². The maximum Gasteiger partial charge on any atom is 0.232 e. The molecule has 0 saturated carbocycles.